The lowest BCUT2D eigenvalue weighted by atomic mass is 9.91. The van der Waals surface area contributed by atoms with E-state index in [4.69, 9.17) is 0 Å². The van der Waals surface area contributed by atoms with Crippen LogP contribution in [0.15, 0.2) is 0 Å². The van der Waals surface area contributed by atoms with Crippen LogP contribution in [0.3, 0.4) is 0 Å². The van der Waals surface area contributed by atoms with Crippen LogP contribution < -0.4 is 10.6 Å². The molecule has 15 heavy (non-hydrogen) atoms. The van der Waals surface area contributed by atoms with Crippen molar-refractivity contribution in [3.05, 3.63) is 0 Å². The summed E-state index contributed by atoms with van der Waals surface area (Å²) in [4.78, 5) is 13.8. The second-order valence-electron chi connectivity index (χ2n) is 4.79. The van der Waals surface area contributed by atoms with E-state index in [1.807, 2.05) is 14.1 Å². The van der Waals surface area contributed by atoms with E-state index in [-0.39, 0.29) is 11.8 Å². The number of nitrogens with zero attached hydrogens (tertiary/aromatic N) is 1. The monoisotopic (exact) mass is 213 g/mol. The Balaban J connectivity index is 2.21. The maximum absolute atomic E-state index is 11.8. The van der Waals surface area contributed by atoms with Gasteiger partial charge in [-0.25, -0.2) is 0 Å². The van der Waals surface area contributed by atoms with Crippen LogP contribution >= 0.6 is 0 Å². The number of amides is 1. The molecule has 1 fully saturated rings. The molecule has 0 bridgehead atoms. The zero-order valence-corrected chi connectivity index (χ0v) is 10.0. The molecule has 1 saturated heterocycles. The second kappa shape index (κ2) is 6.08. The maximum Gasteiger partial charge on any atom is 0.224 e. The van der Waals surface area contributed by atoms with Crippen molar-refractivity contribution >= 4 is 5.91 Å². The third-order valence-electron chi connectivity index (χ3n) is 2.80. The topological polar surface area (TPSA) is 44.4 Å². The Morgan fingerprint density at radius 2 is 2.20 bits per heavy atom. The minimum absolute atomic E-state index is 0.163. The largest absolute Gasteiger partial charge is 0.355 e. The summed E-state index contributed by atoms with van der Waals surface area (Å²) in [5.74, 6) is 0.982. The molecule has 0 spiro atoms. The van der Waals surface area contributed by atoms with Gasteiger partial charge in [-0.3, -0.25) is 4.79 Å². The predicted octanol–water partition coefficient (Wildman–Crippen LogP) is -0.0902. The lowest BCUT2D eigenvalue weighted by Crippen LogP contribution is -2.44. The van der Waals surface area contributed by atoms with Crippen molar-refractivity contribution in [3.63, 3.8) is 0 Å². The molecule has 88 valence electrons. The molecule has 0 aromatic rings. The van der Waals surface area contributed by atoms with Crippen molar-refractivity contribution in [2.45, 2.75) is 13.3 Å². The summed E-state index contributed by atoms with van der Waals surface area (Å²) in [6.45, 7) is 5.71. The number of carbonyl (C=O) groups excluding carboxylic acids is 1. The molecule has 1 aliphatic rings. The summed E-state index contributed by atoms with van der Waals surface area (Å²) in [6.07, 6.45) is 1.01. The highest BCUT2D eigenvalue weighted by Crippen LogP contribution is 2.15. The first-order valence-corrected chi connectivity index (χ1v) is 5.72. The lowest BCUT2D eigenvalue weighted by molar-refractivity contribution is -0.125. The van der Waals surface area contributed by atoms with Crippen LogP contribution in [0.25, 0.3) is 0 Å². The van der Waals surface area contributed by atoms with Gasteiger partial charge in [0.05, 0.1) is 5.92 Å². The molecule has 0 radical (unpaired) electrons. The van der Waals surface area contributed by atoms with E-state index in [0.29, 0.717) is 5.92 Å². The van der Waals surface area contributed by atoms with Gasteiger partial charge >= 0.3 is 0 Å². The van der Waals surface area contributed by atoms with Gasteiger partial charge in [0.1, 0.15) is 0 Å². The van der Waals surface area contributed by atoms with Crippen LogP contribution in [0.4, 0.5) is 0 Å². The van der Waals surface area contributed by atoms with Crippen molar-refractivity contribution in [1.29, 1.82) is 0 Å². The lowest BCUT2D eigenvalue weighted by Gasteiger charge is -2.27. The van der Waals surface area contributed by atoms with Gasteiger partial charge in [0, 0.05) is 19.6 Å². The van der Waals surface area contributed by atoms with Gasteiger partial charge in [0.15, 0.2) is 0 Å². The van der Waals surface area contributed by atoms with Crippen molar-refractivity contribution < 1.29 is 4.79 Å². The molecular weight excluding hydrogens is 190 g/mol. The van der Waals surface area contributed by atoms with Crippen LogP contribution in [0.1, 0.15) is 13.3 Å². The van der Waals surface area contributed by atoms with Gasteiger partial charge in [-0.05, 0) is 33.0 Å². The minimum atomic E-state index is 0.163. The van der Waals surface area contributed by atoms with Gasteiger partial charge in [0.2, 0.25) is 5.91 Å². The summed E-state index contributed by atoms with van der Waals surface area (Å²) in [6, 6.07) is 0. The molecular formula is C11H23N3O. The first-order chi connectivity index (χ1) is 7.09. The first kappa shape index (κ1) is 12.5. The minimum Gasteiger partial charge on any atom is -0.355 e. The van der Waals surface area contributed by atoms with E-state index in [1.54, 1.807) is 0 Å². The number of likely N-dealkylation sites (N-methyl/N-ethyl adjacent to an activating group) is 1. The van der Waals surface area contributed by atoms with Crippen LogP contribution in [-0.4, -0.2) is 51.1 Å². The normalized spacial score (nSPS) is 26.7. The average molecular weight is 213 g/mol. The highest BCUT2D eigenvalue weighted by molar-refractivity contribution is 5.79. The van der Waals surface area contributed by atoms with Crippen molar-refractivity contribution in [2.75, 3.05) is 40.3 Å². The fourth-order valence-corrected chi connectivity index (χ4v) is 1.90. The zero-order chi connectivity index (χ0) is 11.3. The summed E-state index contributed by atoms with van der Waals surface area (Å²) in [7, 11) is 4.02. The molecule has 1 heterocycles. The number of hydrogen-bond acceptors (Lipinski definition) is 3. The van der Waals surface area contributed by atoms with Gasteiger partial charge in [0.25, 0.3) is 0 Å². The standard InChI is InChI=1S/C11H23N3O/c1-9-6-10(8-12-7-9)11(15)13-4-5-14(2)3/h9-10,12H,4-8H2,1-3H3,(H,13,15). The Morgan fingerprint density at radius 1 is 1.47 bits per heavy atom. The zero-order valence-electron chi connectivity index (χ0n) is 10.0. The van der Waals surface area contributed by atoms with E-state index in [1.165, 1.54) is 0 Å². The molecule has 0 aromatic heterocycles. The Kier molecular flexibility index (Phi) is 5.05. The number of hydrogen-bond donors (Lipinski definition) is 2. The van der Waals surface area contributed by atoms with E-state index < -0.39 is 0 Å². The van der Waals surface area contributed by atoms with Gasteiger partial charge < -0.3 is 15.5 Å². The molecule has 2 atom stereocenters. The van der Waals surface area contributed by atoms with Crippen molar-refractivity contribution in [2.24, 2.45) is 11.8 Å². The summed E-state index contributed by atoms with van der Waals surface area (Å²) >= 11 is 0. The molecule has 1 rings (SSSR count). The number of nitrogens with one attached hydrogen (secondary N) is 2. The molecule has 1 amide bonds. The second-order valence-corrected chi connectivity index (χ2v) is 4.79. The smallest absolute Gasteiger partial charge is 0.224 e. The maximum atomic E-state index is 11.8. The van der Waals surface area contributed by atoms with Gasteiger partial charge in [-0.1, -0.05) is 6.92 Å². The van der Waals surface area contributed by atoms with Gasteiger partial charge in [-0.15, -0.1) is 0 Å². The quantitative estimate of drug-likeness (QED) is 0.686. The molecule has 2 unspecified atom stereocenters. The van der Waals surface area contributed by atoms with E-state index in [9.17, 15) is 4.79 Å². The van der Waals surface area contributed by atoms with Crippen molar-refractivity contribution in [3.8, 4) is 0 Å². The molecule has 0 aromatic carbocycles. The number of piperidine rings is 1. The van der Waals surface area contributed by atoms with E-state index in [0.717, 1.165) is 32.6 Å². The van der Waals surface area contributed by atoms with Gasteiger partial charge in [-0.2, -0.15) is 0 Å². The molecule has 0 aliphatic carbocycles. The highest BCUT2D eigenvalue weighted by Gasteiger charge is 2.24. The van der Waals surface area contributed by atoms with E-state index in [2.05, 4.69) is 22.5 Å². The Labute approximate surface area is 92.4 Å². The Morgan fingerprint density at radius 3 is 2.80 bits per heavy atom. The molecule has 4 heteroatoms. The Bertz CT molecular complexity index is 206. The molecule has 4 nitrogen and oxygen atoms in total. The van der Waals surface area contributed by atoms with E-state index >= 15 is 0 Å². The third kappa shape index (κ3) is 4.62. The molecule has 2 N–H and O–H groups in total. The predicted molar refractivity (Wildman–Crippen MR) is 61.7 cm³/mol. The summed E-state index contributed by atoms with van der Waals surface area (Å²) in [5.41, 5.74) is 0. The SMILES string of the molecule is CC1CNCC(C(=O)NCCN(C)C)C1. The average Bonchev–Trinajstić information content (AvgIpc) is 2.17. The molecule has 1 aliphatic heterocycles. The number of carbonyl (C=O) groups is 1. The Hall–Kier alpha value is -0.610. The van der Waals surface area contributed by atoms with Crippen molar-refractivity contribution in [1.82, 2.24) is 15.5 Å². The highest BCUT2D eigenvalue weighted by atomic mass is 16.1. The summed E-state index contributed by atoms with van der Waals surface area (Å²) < 4.78 is 0. The fourth-order valence-electron chi connectivity index (χ4n) is 1.90. The van der Waals surface area contributed by atoms with Crippen LogP contribution in [-0.2, 0) is 4.79 Å². The summed E-state index contributed by atoms with van der Waals surface area (Å²) in [5, 5.41) is 6.28. The van der Waals surface area contributed by atoms with Crippen LogP contribution in [0.5, 0.6) is 0 Å². The number of rotatable bonds is 4. The molecule has 0 saturated carbocycles. The third-order valence-corrected chi connectivity index (χ3v) is 2.80. The first-order valence-electron chi connectivity index (χ1n) is 5.72. The van der Waals surface area contributed by atoms with Crippen LogP contribution in [0.2, 0.25) is 0 Å². The fraction of sp³-hybridized carbons (Fsp3) is 0.909. The van der Waals surface area contributed by atoms with Crippen LogP contribution in [0, 0.1) is 11.8 Å².